The molecule has 4 aromatic rings. The Hall–Kier alpha value is -3.97. The molecule has 4 rings (SSSR count). The van der Waals surface area contributed by atoms with Gasteiger partial charge in [-0.15, -0.1) is 0 Å². The second-order valence-electron chi connectivity index (χ2n) is 6.23. The van der Waals surface area contributed by atoms with Gasteiger partial charge < -0.3 is 9.05 Å². The first-order chi connectivity index (χ1) is 14.5. The maximum atomic E-state index is 12.6. The highest BCUT2D eigenvalue weighted by atomic mass is 31.1. The molecule has 0 amide bonds. The number of rotatable bonds is 6. The number of nitrogens with zero attached hydrogens (tertiary/aromatic N) is 2. The molecule has 10 heteroatoms. The average molecular weight is 424 g/mol. The third-order valence-corrected chi connectivity index (χ3v) is 5.27. The highest BCUT2D eigenvalue weighted by molar-refractivity contribution is 7.34. The Morgan fingerprint density at radius 2 is 0.967 bits per heavy atom. The van der Waals surface area contributed by atoms with Crippen LogP contribution in [0.5, 0.6) is 11.5 Å². The molecule has 0 atom stereocenters. The Morgan fingerprint density at radius 3 is 1.37 bits per heavy atom. The summed E-state index contributed by atoms with van der Waals surface area (Å²) < 4.78 is 23.5. The van der Waals surface area contributed by atoms with Gasteiger partial charge in [0.05, 0.1) is 20.6 Å². The molecule has 0 bridgehead atoms. The molecule has 0 saturated heterocycles. The fraction of sp³-hybridized carbons (Fsp3) is 0. The van der Waals surface area contributed by atoms with Crippen LogP contribution in [-0.4, -0.2) is 9.85 Å². The van der Waals surface area contributed by atoms with Crippen LogP contribution in [0, 0.1) is 20.2 Å². The lowest BCUT2D eigenvalue weighted by Crippen LogP contribution is -1.94. The summed E-state index contributed by atoms with van der Waals surface area (Å²) in [5, 5.41) is 24.0. The molecular weight excluding hydrogens is 411 g/mol. The van der Waals surface area contributed by atoms with Crippen molar-refractivity contribution in [3.05, 3.63) is 93.0 Å². The van der Waals surface area contributed by atoms with E-state index >= 15 is 0 Å². The van der Waals surface area contributed by atoms with Gasteiger partial charge in [-0.25, -0.2) is 4.57 Å². The van der Waals surface area contributed by atoms with Crippen molar-refractivity contribution in [2.45, 2.75) is 0 Å². The molecule has 0 spiro atoms. The summed E-state index contributed by atoms with van der Waals surface area (Å²) in [5.41, 5.74) is -0.195. The lowest BCUT2D eigenvalue weighted by atomic mass is 10.1. The smallest absolute Gasteiger partial charge is 0.417 e. The second kappa shape index (κ2) is 7.81. The maximum Gasteiger partial charge on any atom is 0.419 e. The van der Waals surface area contributed by atoms with Gasteiger partial charge in [-0.1, -0.05) is 36.4 Å². The molecule has 0 heterocycles. The fourth-order valence-corrected chi connectivity index (χ4v) is 3.98. The molecule has 0 radical (unpaired) electrons. The zero-order valence-electron chi connectivity index (χ0n) is 15.2. The first-order valence-electron chi connectivity index (χ1n) is 8.67. The molecule has 0 aromatic heterocycles. The summed E-state index contributed by atoms with van der Waals surface area (Å²) in [6.07, 6.45) is 0. The molecule has 9 nitrogen and oxygen atoms in total. The quantitative estimate of drug-likeness (QED) is 0.222. The molecular formula is C20H13N2O7P. The molecule has 0 fully saturated rings. The largest absolute Gasteiger partial charge is 0.419 e. The van der Waals surface area contributed by atoms with E-state index in [1.165, 1.54) is 36.4 Å². The monoisotopic (exact) mass is 424 g/mol. The lowest BCUT2D eigenvalue weighted by molar-refractivity contribution is -0.383. The van der Waals surface area contributed by atoms with Crippen LogP contribution in [0.4, 0.5) is 11.4 Å². The van der Waals surface area contributed by atoms with Crippen LogP contribution in [0.2, 0.25) is 0 Å². The molecule has 4 aromatic carbocycles. The van der Waals surface area contributed by atoms with Crippen molar-refractivity contribution in [3.8, 4) is 11.5 Å². The summed E-state index contributed by atoms with van der Waals surface area (Å²) >= 11 is 0. The summed E-state index contributed by atoms with van der Waals surface area (Å²) in [7, 11) is -3.13. The Labute approximate surface area is 169 Å². The highest BCUT2D eigenvalue weighted by Crippen LogP contribution is 2.40. The van der Waals surface area contributed by atoms with Crippen molar-refractivity contribution >= 4 is 41.2 Å². The van der Waals surface area contributed by atoms with Gasteiger partial charge in [-0.3, -0.25) is 20.2 Å². The summed E-state index contributed by atoms with van der Waals surface area (Å²) in [4.78, 5) is 21.4. The van der Waals surface area contributed by atoms with Crippen molar-refractivity contribution in [1.29, 1.82) is 0 Å². The first-order valence-corrected chi connectivity index (χ1v) is 9.90. The van der Waals surface area contributed by atoms with Gasteiger partial charge in [-0.2, -0.15) is 0 Å². The van der Waals surface area contributed by atoms with Crippen LogP contribution < -0.4 is 9.05 Å². The van der Waals surface area contributed by atoms with Crippen molar-refractivity contribution < 1.29 is 23.5 Å². The normalized spacial score (nSPS) is 11.0. The predicted octanol–water partition coefficient (Wildman–Crippen LogP) is 5.66. The van der Waals surface area contributed by atoms with Gasteiger partial charge >= 0.3 is 8.25 Å². The minimum atomic E-state index is -3.13. The Balaban J connectivity index is 1.67. The van der Waals surface area contributed by atoms with Crippen LogP contribution in [-0.2, 0) is 4.57 Å². The first kappa shape index (κ1) is 19.4. The van der Waals surface area contributed by atoms with E-state index in [1.807, 2.05) is 0 Å². The molecule has 30 heavy (non-hydrogen) atoms. The van der Waals surface area contributed by atoms with Crippen LogP contribution in [0.25, 0.3) is 21.5 Å². The van der Waals surface area contributed by atoms with Crippen LogP contribution in [0.15, 0.2) is 72.8 Å². The average Bonchev–Trinajstić information content (AvgIpc) is 2.73. The van der Waals surface area contributed by atoms with Crippen LogP contribution in [0.3, 0.4) is 0 Å². The lowest BCUT2D eigenvalue weighted by Gasteiger charge is -2.12. The second-order valence-corrected chi connectivity index (χ2v) is 7.13. The van der Waals surface area contributed by atoms with Crippen molar-refractivity contribution in [2.75, 3.05) is 0 Å². The van der Waals surface area contributed by atoms with E-state index in [0.717, 1.165) is 0 Å². The van der Waals surface area contributed by atoms with Gasteiger partial charge in [0.1, 0.15) is 11.5 Å². The minimum Gasteiger partial charge on any atom is -0.417 e. The number of nitro groups is 2. The van der Waals surface area contributed by atoms with Crippen molar-refractivity contribution in [1.82, 2.24) is 0 Å². The SMILES string of the molecule is O=[N+]([O-])c1cccc2c(O[PH](=O)Oc3cccc4c([N+](=O)[O-])cccc34)cccc12. The van der Waals surface area contributed by atoms with Gasteiger partial charge in [0.25, 0.3) is 11.4 Å². The zero-order chi connectivity index (χ0) is 21.3. The van der Waals surface area contributed by atoms with Crippen LogP contribution >= 0.6 is 8.25 Å². The van der Waals surface area contributed by atoms with Gasteiger partial charge in [0, 0.05) is 22.9 Å². The Morgan fingerprint density at radius 1 is 0.600 bits per heavy atom. The number of benzene rings is 4. The zero-order valence-corrected chi connectivity index (χ0v) is 16.2. The predicted molar refractivity (Wildman–Crippen MR) is 111 cm³/mol. The summed E-state index contributed by atoms with van der Waals surface area (Å²) in [5.74, 6) is 0.345. The number of fused-ring (bicyclic) bond motifs is 2. The topological polar surface area (TPSA) is 122 Å². The molecule has 0 N–H and O–H groups in total. The number of hydrogen-bond acceptors (Lipinski definition) is 7. The molecule has 0 unspecified atom stereocenters. The van der Waals surface area contributed by atoms with E-state index in [0.29, 0.717) is 21.5 Å². The number of non-ortho nitro benzene ring substituents is 2. The Kier molecular flexibility index (Phi) is 5.04. The third kappa shape index (κ3) is 3.54. The van der Waals surface area contributed by atoms with Crippen molar-refractivity contribution in [2.24, 2.45) is 0 Å². The maximum absolute atomic E-state index is 12.6. The number of nitro benzene ring substituents is 2. The molecule has 0 aliphatic heterocycles. The summed E-state index contributed by atoms with van der Waals surface area (Å²) in [6, 6.07) is 18.3. The van der Waals surface area contributed by atoms with Crippen LogP contribution in [0.1, 0.15) is 0 Å². The third-order valence-electron chi connectivity index (χ3n) is 4.50. The molecule has 0 aliphatic rings. The van der Waals surface area contributed by atoms with Gasteiger partial charge in [0.15, 0.2) is 0 Å². The molecule has 150 valence electrons. The van der Waals surface area contributed by atoms with E-state index in [-0.39, 0.29) is 22.9 Å². The van der Waals surface area contributed by atoms with E-state index in [2.05, 4.69) is 0 Å². The van der Waals surface area contributed by atoms with E-state index in [1.54, 1.807) is 36.4 Å². The molecule has 0 aliphatic carbocycles. The Bertz CT molecular complexity index is 1240. The van der Waals surface area contributed by atoms with Crippen molar-refractivity contribution in [3.63, 3.8) is 0 Å². The fourth-order valence-electron chi connectivity index (χ4n) is 3.23. The van der Waals surface area contributed by atoms with E-state index in [9.17, 15) is 24.8 Å². The van der Waals surface area contributed by atoms with Gasteiger partial charge in [0.2, 0.25) is 0 Å². The standard InChI is InChI=1S/C20H13N2O7P/c23-21(24)17-9-1-7-15-13(17)5-3-11-19(15)28-30(27)29-20-12-4-6-14-16(20)8-2-10-18(14)22(25)26/h1-12,30H. The van der Waals surface area contributed by atoms with Gasteiger partial charge in [-0.05, 0) is 24.3 Å². The number of hydrogen-bond donors (Lipinski definition) is 0. The molecule has 0 saturated carbocycles. The minimum absolute atomic E-state index is 0.0973. The van der Waals surface area contributed by atoms with E-state index in [4.69, 9.17) is 9.05 Å². The highest BCUT2D eigenvalue weighted by Gasteiger charge is 2.17. The van der Waals surface area contributed by atoms with E-state index < -0.39 is 18.1 Å². The summed E-state index contributed by atoms with van der Waals surface area (Å²) in [6.45, 7) is 0.